The lowest BCUT2D eigenvalue weighted by molar-refractivity contribution is 0.632. The number of rotatable bonds is 4. The Morgan fingerprint density at radius 3 is 1.53 bits per heavy atom. The van der Waals surface area contributed by atoms with Crippen LogP contribution >= 0.6 is 0 Å². The number of benzene rings is 11. The first-order chi connectivity index (χ1) is 29.8. The maximum absolute atomic E-state index is 7.24. The molecule has 2 heteroatoms. The molecular weight excluding hydrogens is 729 g/mol. The van der Waals surface area contributed by atoms with Crippen molar-refractivity contribution in [3.63, 3.8) is 0 Å². The summed E-state index contributed by atoms with van der Waals surface area (Å²) in [5.41, 5.74) is 10.3. The van der Waals surface area contributed by atoms with Gasteiger partial charge in [-0.25, -0.2) is 0 Å². The summed E-state index contributed by atoms with van der Waals surface area (Å²) >= 11 is 0. The monoisotopic (exact) mass is 762 g/mol. The van der Waals surface area contributed by atoms with Gasteiger partial charge in [-0.1, -0.05) is 182 Å². The van der Waals surface area contributed by atoms with Gasteiger partial charge in [-0.05, 0) is 94.8 Å². The van der Waals surface area contributed by atoms with Crippen LogP contribution in [-0.2, 0) is 0 Å². The van der Waals surface area contributed by atoms with E-state index in [0.717, 1.165) is 77.3 Å². The Morgan fingerprint density at radius 2 is 0.817 bits per heavy atom. The Bertz CT molecular complexity index is 3830. The summed E-state index contributed by atoms with van der Waals surface area (Å²) in [5.74, 6) is 0.846. The van der Waals surface area contributed by atoms with E-state index in [2.05, 4.69) is 206 Å². The van der Waals surface area contributed by atoms with Gasteiger partial charge in [-0.15, -0.1) is 0 Å². The van der Waals surface area contributed by atoms with Gasteiger partial charge in [0.05, 0.1) is 0 Å². The van der Waals surface area contributed by atoms with Crippen molar-refractivity contribution in [3.8, 4) is 44.7 Å². The minimum Gasteiger partial charge on any atom is -0.455 e. The standard InChI is InChI=1S/C58H34O2/c1-2-17-36(18-3-1)52-56-51(60-57(52)39-31-30-35-16-4-5-19-37(35)32-39)34-49(58-55(56)47-28-14-15-29-50(47)59-58)54-45-26-12-10-24-43(45)53(44-25-11-13-27-46(44)54)48-33-38-20-6-7-21-40(38)41-22-8-9-23-42(41)48/h1-34H. The van der Waals surface area contributed by atoms with Crippen molar-refractivity contribution in [1.29, 1.82) is 0 Å². The van der Waals surface area contributed by atoms with E-state index in [-0.39, 0.29) is 0 Å². The molecule has 2 aromatic heterocycles. The topological polar surface area (TPSA) is 26.3 Å². The normalized spacial score (nSPS) is 12.0. The van der Waals surface area contributed by atoms with Gasteiger partial charge < -0.3 is 8.83 Å². The summed E-state index contributed by atoms with van der Waals surface area (Å²) in [4.78, 5) is 0. The number of furan rings is 2. The number of fused-ring (bicyclic) bond motifs is 11. The molecule has 0 aliphatic rings. The average molecular weight is 763 g/mol. The summed E-state index contributed by atoms with van der Waals surface area (Å²) in [7, 11) is 0. The van der Waals surface area contributed by atoms with E-state index in [1.54, 1.807) is 0 Å². The molecule has 0 radical (unpaired) electrons. The molecule has 0 bridgehead atoms. The van der Waals surface area contributed by atoms with Gasteiger partial charge in [-0.3, -0.25) is 0 Å². The summed E-state index contributed by atoms with van der Waals surface area (Å²) < 4.78 is 14.3. The maximum atomic E-state index is 7.24. The van der Waals surface area contributed by atoms with Crippen LogP contribution in [0.4, 0.5) is 0 Å². The summed E-state index contributed by atoms with van der Waals surface area (Å²) in [6.07, 6.45) is 0. The Kier molecular flexibility index (Phi) is 7.05. The van der Waals surface area contributed by atoms with Crippen LogP contribution in [0.15, 0.2) is 215 Å². The van der Waals surface area contributed by atoms with Crippen molar-refractivity contribution in [2.75, 3.05) is 0 Å². The van der Waals surface area contributed by atoms with Gasteiger partial charge in [0.2, 0.25) is 0 Å². The first-order valence-corrected chi connectivity index (χ1v) is 20.6. The number of hydrogen-bond donors (Lipinski definition) is 0. The molecule has 0 unspecified atom stereocenters. The molecule has 13 rings (SSSR count). The minimum atomic E-state index is 0.823. The lowest BCUT2D eigenvalue weighted by Gasteiger charge is -2.19. The van der Waals surface area contributed by atoms with Gasteiger partial charge >= 0.3 is 0 Å². The molecule has 11 aromatic carbocycles. The van der Waals surface area contributed by atoms with Crippen molar-refractivity contribution < 1.29 is 8.83 Å². The Labute approximate surface area is 345 Å². The van der Waals surface area contributed by atoms with Crippen LogP contribution in [0.5, 0.6) is 0 Å². The molecule has 2 heterocycles. The predicted octanol–water partition coefficient (Wildman–Crippen LogP) is 16.8. The molecule has 0 atom stereocenters. The first kappa shape index (κ1) is 33.1. The van der Waals surface area contributed by atoms with Gasteiger partial charge in [0.25, 0.3) is 0 Å². The van der Waals surface area contributed by atoms with E-state index in [1.807, 2.05) is 0 Å². The van der Waals surface area contributed by atoms with Crippen molar-refractivity contribution in [2.45, 2.75) is 0 Å². The quantitative estimate of drug-likeness (QED) is 0.132. The van der Waals surface area contributed by atoms with Crippen molar-refractivity contribution in [2.24, 2.45) is 0 Å². The molecule has 0 aliphatic heterocycles. The fourth-order valence-corrected chi connectivity index (χ4v) is 10.0. The molecule has 60 heavy (non-hydrogen) atoms. The highest BCUT2D eigenvalue weighted by Crippen LogP contribution is 2.53. The van der Waals surface area contributed by atoms with E-state index in [4.69, 9.17) is 8.83 Å². The summed E-state index contributed by atoms with van der Waals surface area (Å²) in [6, 6.07) is 74.3. The van der Waals surface area contributed by atoms with Crippen LogP contribution in [0.3, 0.4) is 0 Å². The average Bonchev–Trinajstić information content (AvgIpc) is 3.90. The molecule has 0 spiro atoms. The third-order valence-corrected chi connectivity index (χ3v) is 12.6. The van der Waals surface area contributed by atoms with Crippen molar-refractivity contribution in [3.05, 3.63) is 206 Å². The zero-order valence-electron chi connectivity index (χ0n) is 32.4. The number of para-hydroxylation sites is 1. The summed E-state index contributed by atoms with van der Waals surface area (Å²) in [6.45, 7) is 0. The molecule has 278 valence electrons. The first-order valence-electron chi connectivity index (χ1n) is 20.6. The molecular formula is C58H34O2. The zero-order chi connectivity index (χ0) is 39.3. The lowest BCUT2D eigenvalue weighted by atomic mass is 9.83. The zero-order valence-corrected chi connectivity index (χ0v) is 32.4. The fourth-order valence-electron chi connectivity index (χ4n) is 10.0. The lowest BCUT2D eigenvalue weighted by Crippen LogP contribution is -1.92. The third kappa shape index (κ3) is 4.76. The fraction of sp³-hybridized carbons (Fsp3) is 0. The van der Waals surface area contributed by atoms with E-state index in [0.29, 0.717) is 0 Å². The molecule has 0 saturated carbocycles. The van der Waals surface area contributed by atoms with Gasteiger partial charge in [0, 0.05) is 38.4 Å². The van der Waals surface area contributed by atoms with Crippen LogP contribution in [0.2, 0.25) is 0 Å². The largest absolute Gasteiger partial charge is 0.455 e. The van der Waals surface area contributed by atoms with Gasteiger partial charge in [0.1, 0.15) is 22.5 Å². The predicted molar refractivity (Wildman–Crippen MR) is 253 cm³/mol. The smallest absolute Gasteiger partial charge is 0.144 e. The second-order valence-corrected chi connectivity index (χ2v) is 15.9. The van der Waals surface area contributed by atoms with E-state index in [9.17, 15) is 0 Å². The Hall–Kier alpha value is -7.94. The molecule has 0 amide bonds. The molecule has 0 fully saturated rings. The van der Waals surface area contributed by atoms with Crippen LogP contribution in [0, 0.1) is 0 Å². The Morgan fingerprint density at radius 1 is 0.267 bits per heavy atom. The molecule has 2 nitrogen and oxygen atoms in total. The molecule has 13 aromatic rings. The van der Waals surface area contributed by atoms with Crippen LogP contribution in [0.25, 0.3) is 131 Å². The van der Waals surface area contributed by atoms with Gasteiger partial charge in [0.15, 0.2) is 0 Å². The molecule has 0 aliphatic carbocycles. The number of hydrogen-bond acceptors (Lipinski definition) is 2. The third-order valence-electron chi connectivity index (χ3n) is 12.6. The second-order valence-electron chi connectivity index (χ2n) is 15.9. The minimum absolute atomic E-state index is 0.823. The van der Waals surface area contributed by atoms with Crippen molar-refractivity contribution in [1.82, 2.24) is 0 Å². The van der Waals surface area contributed by atoms with Crippen molar-refractivity contribution >= 4 is 86.8 Å². The Balaban J connectivity index is 1.19. The van der Waals surface area contributed by atoms with E-state index >= 15 is 0 Å². The summed E-state index contributed by atoms with van der Waals surface area (Å²) in [5, 5.41) is 15.2. The van der Waals surface area contributed by atoms with Crippen LogP contribution < -0.4 is 0 Å². The molecule has 0 N–H and O–H groups in total. The highest BCUT2D eigenvalue weighted by Gasteiger charge is 2.28. The van der Waals surface area contributed by atoms with Crippen LogP contribution in [0.1, 0.15) is 0 Å². The van der Waals surface area contributed by atoms with Gasteiger partial charge in [-0.2, -0.15) is 0 Å². The molecule has 0 saturated heterocycles. The van der Waals surface area contributed by atoms with E-state index < -0.39 is 0 Å². The maximum Gasteiger partial charge on any atom is 0.144 e. The second kappa shape index (κ2) is 12.8. The highest BCUT2D eigenvalue weighted by molar-refractivity contribution is 6.31. The van der Waals surface area contributed by atoms with Crippen LogP contribution in [-0.4, -0.2) is 0 Å². The van der Waals surface area contributed by atoms with E-state index in [1.165, 1.54) is 54.2 Å². The SMILES string of the molecule is c1ccc(-c2c(-c3ccc4ccccc4c3)oc3cc(-c4c5ccccc5c(-c5cc6ccccc6c6ccccc56)c5ccccc45)c4oc5ccccc5c4c23)cc1. The highest BCUT2D eigenvalue weighted by atomic mass is 16.3.